The van der Waals surface area contributed by atoms with Gasteiger partial charge < -0.3 is 0 Å². The molecule has 1 aromatic carbocycles. The lowest BCUT2D eigenvalue weighted by Gasteiger charge is -2.10. The molecule has 0 saturated carbocycles. The summed E-state index contributed by atoms with van der Waals surface area (Å²) in [7, 11) is 0. The Bertz CT molecular complexity index is 403. The zero-order valence-electron chi connectivity index (χ0n) is 9.56. The van der Waals surface area contributed by atoms with Gasteiger partial charge in [0, 0.05) is 10.0 Å². The molecule has 2 rings (SSSR count). The number of alkyl halides is 1. The maximum Gasteiger partial charge on any atom is 0.0518 e. The predicted molar refractivity (Wildman–Crippen MR) is 76.4 cm³/mol. The van der Waals surface area contributed by atoms with Gasteiger partial charge in [0.25, 0.3) is 0 Å². The minimum Gasteiger partial charge on any atom is -0.118 e. The molecule has 0 amide bonds. The van der Waals surface area contributed by atoms with E-state index in [4.69, 9.17) is 34.8 Å². The third kappa shape index (κ3) is 3.64. The summed E-state index contributed by atoms with van der Waals surface area (Å²) < 4.78 is 0. The minimum absolute atomic E-state index is 0.161. The van der Waals surface area contributed by atoms with Gasteiger partial charge in [-0.3, -0.25) is 0 Å². The van der Waals surface area contributed by atoms with Gasteiger partial charge in [-0.05, 0) is 43.4 Å². The van der Waals surface area contributed by atoms with Crippen molar-refractivity contribution in [2.75, 3.05) is 0 Å². The fourth-order valence-electron chi connectivity index (χ4n) is 2.19. The van der Waals surface area contributed by atoms with Crippen LogP contribution >= 0.6 is 34.8 Å². The Morgan fingerprint density at radius 1 is 1.12 bits per heavy atom. The molecule has 3 heteroatoms. The van der Waals surface area contributed by atoms with Gasteiger partial charge in [0.2, 0.25) is 0 Å². The van der Waals surface area contributed by atoms with E-state index < -0.39 is 0 Å². The van der Waals surface area contributed by atoms with Crippen molar-refractivity contribution < 1.29 is 0 Å². The van der Waals surface area contributed by atoms with E-state index in [1.807, 2.05) is 18.2 Å². The van der Waals surface area contributed by atoms with Crippen LogP contribution in [0.4, 0.5) is 0 Å². The SMILES string of the molecule is Clc1cccc(Cl)c1CC1=CC(Cl)CCCC1. The molecule has 0 aliphatic heterocycles. The summed E-state index contributed by atoms with van der Waals surface area (Å²) in [6.45, 7) is 0. The molecule has 92 valence electrons. The summed E-state index contributed by atoms with van der Waals surface area (Å²) in [5.74, 6) is 0. The van der Waals surface area contributed by atoms with Crippen LogP contribution in [0.5, 0.6) is 0 Å². The summed E-state index contributed by atoms with van der Waals surface area (Å²) >= 11 is 18.6. The monoisotopic (exact) mass is 288 g/mol. The predicted octanol–water partition coefficient (Wildman–Crippen LogP) is 5.64. The number of rotatable bonds is 2. The number of allylic oxidation sites excluding steroid dienone is 2. The van der Waals surface area contributed by atoms with Crippen molar-refractivity contribution in [3.8, 4) is 0 Å². The smallest absolute Gasteiger partial charge is 0.0518 e. The molecule has 1 aromatic rings. The molecule has 0 N–H and O–H groups in total. The molecule has 0 nitrogen and oxygen atoms in total. The molecule has 0 bridgehead atoms. The zero-order chi connectivity index (χ0) is 12.3. The topological polar surface area (TPSA) is 0 Å². The van der Waals surface area contributed by atoms with Crippen molar-refractivity contribution in [1.29, 1.82) is 0 Å². The Morgan fingerprint density at radius 2 is 1.82 bits per heavy atom. The Hall–Kier alpha value is -0.170. The fraction of sp³-hybridized carbons (Fsp3) is 0.429. The fourth-order valence-corrected chi connectivity index (χ4v) is 3.05. The minimum atomic E-state index is 0.161. The van der Waals surface area contributed by atoms with Gasteiger partial charge in [0.15, 0.2) is 0 Å². The number of halogens is 3. The van der Waals surface area contributed by atoms with Crippen LogP contribution in [0.25, 0.3) is 0 Å². The van der Waals surface area contributed by atoms with Gasteiger partial charge >= 0.3 is 0 Å². The number of hydrogen-bond donors (Lipinski definition) is 0. The average Bonchev–Trinajstić information content (AvgIpc) is 2.48. The van der Waals surface area contributed by atoms with Gasteiger partial charge in [-0.15, -0.1) is 11.6 Å². The summed E-state index contributed by atoms with van der Waals surface area (Å²) in [4.78, 5) is 0. The van der Waals surface area contributed by atoms with Crippen LogP contribution in [0.15, 0.2) is 29.8 Å². The highest BCUT2D eigenvalue weighted by Gasteiger charge is 2.13. The first-order valence-electron chi connectivity index (χ1n) is 5.93. The summed E-state index contributed by atoms with van der Waals surface area (Å²) in [6, 6.07) is 5.65. The first-order valence-corrected chi connectivity index (χ1v) is 7.12. The largest absolute Gasteiger partial charge is 0.118 e. The van der Waals surface area contributed by atoms with Gasteiger partial charge in [-0.25, -0.2) is 0 Å². The van der Waals surface area contributed by atoms with Crippen molar-refractivity contribution in [3.63, 3.8) is 0 Å². The second kappa shape index (κ2) is 6.13. The van der Waals surface area contributed by atoms with Gasteiger partial charge in [0.1, 0.15) is 0 Å². The van der Waals surface area contributed by atoms with Crippen molar-refractivity contribution in [2.24, 2.45) is 0 Å². The number of benzene rings is 1. The quantitative estimate of drug-likeness (QED) is 0.488. The van der Waals surface area contributed by atoms with E-state index in [0.29, 0.717) is 0 Å². The highest BCUT2D eigenvalue weighted by atomic mass is 35.5. The lowest BCUT2D eigenvalue weighted by molar-refractivity contribution is 0.710. The molecule has 0 aromatic heterocycles. The maximum atomic E-state index is 6.22. The molecule has 1 aliphatic carbocycles. The molecule has 0 heterocycles. The van der Waals surface area contributed by atoms with E-state index in [1.54, 1.807) is 0 Å². The Labute approximate surface area is 118 Å². The molecule has 1 atom stereocenters. The standard InChI is InChI=1S/C14H15Cl3/c15-11-5-2-1-4-10(8-11)9-12-13(16)6-3-7-14(12)17/h3,6-8,11H,1-2,4-5,9H2. The Kier molecular flexibility index (Phi) is 4.78. The van der Waals surface area contributed by atoms with Crippen LogP contribution < -0.4 is 0 Å². The van der Waals surface area contributed by atoms with Crippen molar-refractivity contribution >= 4 is 34.8 Å². The van der Waals surface area contributed by atoms with Crippen LogP contribution in [0.2, 0.25) is 10.0 Å². The molecule has 1 unspecified atom stereocenters. The third-order valence-corrected chi connectivity index (χ3v) is 4.16. The lowest BCUT2D eigenvalue weighted by atomic mass is 10.0. The van der Waals surface area contributed by atoms with Crippen LogP contribution in [-0.4, -0.2) is 5.38 Å². The average molecular weight is 290 g/mol. The third-order valence-electron chi connectivity index (χ3n) is 3.11. The molecular weight excluding hydrogens is 275 g/mol. The van der Waals surface area contributed by atoms with Crippen LogP contribution in [0, 0.1) is 0 Å². The second-order valence-electron chi connectivity index (χ2n) is 4.46. The van der Waals surface area contributed by atoms with Gasteiger partial charge in [-0.2, -0.15) is 0 Å². The maximum absolute atomic E-state index is 6.22. The van der Waals surface area contributed by atoms with Crippen LogP contribution in [-0.2, 0) is 6.42 Å². The van der Waals surface area contributed by atoms with E-state index in [2.05, 4.69) is 6.08 Å². The normalized spacial score (nSPS) is 20.9. The molecular formula is C14H15Cl3. The van der Waals surface area contributed by atoms with Crippen molar-refractivity contribution in [1.82, 2.24) is 0 Å². The first kappa shape index (κ1) is 13.3. The van der Waals surface area contributed by atoms with Crippen molar-refractivity contribution in [2.45, 2.75) is 37.5 Å². The van der Waals surface area contributed by atoms with E-state index in [1.165, 1.54) is 18.4 Å². The molecule has 0 fully saturated rings. The zero-order valence-corrected chi connectivity index (χ0v) is 11.8. The number of hydrogen-bond acceptors (Lipinski definition) is 0. The Balaban J connectivity index is 2.19. The molecule has 1 aliphatic rings. The summed E-state index contributed by atoms with van der Waals surface area (Å²) in [5.41, 5.74) is 2.38. The Morgan fingerprint density at radius 3 is 2.53 bits per heavy atom. The van der Waals surface area contributed by atoms with Crippen LogP contribution in [0.1, 0.15) is 31.2 Å². The van der Waals surface area contributed by atoms with E-state index in [-0.39, 0.29) is 5.38 Å². The van der Waals surface area contributed by atoms with Crippen molar-refractivity contribution in [3.05, 3.63) is 45.5 Å². The summed E-state index contributed by atoms with van der Waals surface area (Å²) in [6.07, 6.45) is 7.57. The molecule has 0 spiro atoms. The highest BCUT2D eigenvalue weighted by Crippen LogP contribution is 2.30. The van der Waals surface area contributed by atoms with E-state index in [9.17, 15) is 0 Å². The first-order chi connectivity index (χ1) is 8.16. The van der Waals surface area contributed by atoms with Gasteiger partial charge in [0.05, 0.1) is 5.38 Å². The molecule has 0 radical (unpaired) electrons. The highest BCUT2D eigenvalue weighted by molar-refractivity contribution is 6.36. The molecule has 0 saturated heterocycles. The van der Waals surface area contributed by atoms with Crippen LogP contribution in [0.3, 0.4) is 0 Å². The summed E-state index contributed by atoms with van der Waals surface area (Å²) in [5, 5.41) is 1.65. The second-order valence-corrected chi connectivity index (χ2v) is 5.84. The van der Waals surface area contributed by atoms with E-state index >= 15 is 0 Å². The molecule has 17 heavy (non-hydrogen) atoms. The van der Waals surface area contributed by atoms with Gasteiger partial charge in [-0.1, -0.05) is 47.3 Å². The lowest BCUT2D eigenvalue weighted by Crippen LogP contribution is -1.96. The van der Waals surface area contributed by atoms with E-state index in [0.717, 1.165) is 34.9 Å².